The van der Waals surface area contributed by atoms with E-state index in [1.807, 2.05) is 0 Å². The van der Waals surface area contributed by atoms with Gasteiger partial charge in [0.2, 0.25) is 6.20 Å². The van der Waals surface area contributed by atoms with Crippen molar-refractivity contribution in [1.29, 1.82) is 0 Å². The van der Waals surface area contributed by atoms with Crippen LogP contribution in [0.5, 0.6) is 0 Å². The van der Waals surface area contributed by atoms with Gasteiger partial charge in [-0.1, -0.05) is 13.3 Å². The number of ether oxygens (including phenoxy) is 1. The molecule has 0 N–H and O–H groups in total. The first-order valence-electron chi connectivity index (χ1n) is 4.78. The number of nitrogens with zero attached hydrogens (tertiary/aromatic N) is 1. The van der Waals surface area contributed by atoms with Crippen LogP contribution in [0.15, 0.2) is 10.7 Å². The summed E-state index contributed by atoms with van der Waals surface area (Å²) < 4.78 is 11.7. The van der Waals surface area contributed by atoms with Crippen molar-refractivity contribution >= 4 is 5.97 Å². The van der Waals surface area contributed by atoms with E-state index in [2.05, 4.69) is 6.92 Å². The number of carbonyl (C=O) groups is 1. The predicted octanol–water partition coefficient (Wildman–Crippen LogP) is 1.37. The van der Waals surface area contributed by atoms with Gasteiger partial charge in [-0.05, 0) is 11.2 Å². The van der Waals surface area contributed by atoms with E-state index in [1.54, 1.807) is 20.2 Å². The lowest BCUT2D eigenvalue weighted by Gasteiger charge is -1.99. The van der Waals surface area contributed by atoms with E-state index in [4.69, 9.17) is 9.26 Å². The fraction of sp³-hybridized carbons (Fsp3) is 0.600. The fourth-order valence-corrected chi connectivity index (χ4v) is 1.15. The Morgan fingerprint density at radius 1 is 1.64 bits per heavy atom. The second-order valence-corrected chi connectivity index (χ2v) is 3.23. The lowest BCUT2D eigenvalue weighted by atomic mass is 10.3. The molecule has 4 heteroatoms. The van der Waals surface area contributed by atoms with E-state index in [1.165, 1.54) is 4.74 Å². The molecular formula is C10H16NO3+. The average molecular weight is 198 g/mol. The van der Waals surface area contributed by atoms with Crippen LogP contribution in [0.3, 0.4) is 0 Å². The van der Waals surface area contributed by atoms with Crippen LogP contribution in [-0.2, 0) is 11.8 Å². The molecule has 1 aromatic rings. The molecule has 0 aliphatic heterocycles. The topological polar surface area (TPSA) is 43.3 Å². The Morgan fingerprint density at radius 2 is 2.36 bits per heavy atom. The number of aryl methyl sites for hydroxylation is 2. The highest BCUT2D eigenvalue weighted by Crippen LogP contribution is 2.06. The van der Waals surface area contributed by atoms with Crippen LogP contribution in [0.4, 0.5) is 0 Å². The van der Waals surface area contributed by atoms with Crippen LogP contribution in [0, 0.1) is 6.92 Å². The zero-order chi connectivity index (χ0) is 10.6. The second kappa shape index (κ2) is 4.79. The monoisotopic (exact) mass is 198 g/mol. The van der Waals surface area contributed by atoms with Crippen molar-refractivity contribution in [2.45, 2.75) is 26.7 Å². The molecule has 0 saturated heterocycles. The van der Waals surface area contributed by atoms with Gasteiger partial charge in [-0.25, -0.2) is 9.32 Å². The number of unbranched alkanes of at least 4 members (excludes halogenated alkanes) is 1. The Labute approximate surface area is 83.4 Å². The summed E-state index contributed by atoms with van der Waals surface area (Å²) in [6.07, 6.45) is 3.55. The lowest BCUT2D eigenvalue weighted by molar-refractivity contribution is -0.846. The van der Waals surface area contributed by atoms with Crippen molar-refractivity contribution in [2.24, 2.45) is 7.05 Å². The third-order valence-corrected chi connectivity index (χ3v) is 1.92. The first-order chi connectivity index (χ1) is 6.65. The maximum absolute atomic E-state index is 11.5. The molecule has 0 bridgehead atoms. The predicted molar refractivity (Wildman–Crippen MR) is 49.8 cm³/mol. The minimum absolute atomic E-state index is 0.305. The van der Waals surface area contributed by atoms with E-state index < -0.39 is 0 Å². The summed E-state index contributed by atoms with van der Waals surface area (Å²) in [6, 6.07) is 0. The van der Waals surface area contributed by atoms with Crippen LogP contribution >= 0.6 is 0 Å². The molecule has 0 aromatic carbocycles. The molecule has 1 heterocycles. The number of carbonyl (C=O) groups excluding carboxylic acids is 1. The zero-order valence-electron chi connectivity index (χ0n) is 8.87. The maximum atomic E-state index is 11.5. The molecule has 1 aromatic heterocycles. The summed E-state index contributed by atoms with van der Waals surface area (Å²) in [6.45, 7) is 4.27. The molecule has 0 aliphatic rings. The summed E-state index contributed by atoms with van der Waals surface area (Å²) in [7, 11) is 1.73. The van der Waals surface area contributed by atoms with Crippen molar-refractivity contribution in [3.05, 3.63) is 17.5 Å². The van der Waals surface area contributed by atoms with Crippen molar-refractivity contribution in [3.8, 4) is 0 Å². The summed E-state index contributed by atoms with van der Waals surface area (Å²) in [5.41, 5.74) is 0.503. The first-order valence-corrected chi connectivity index (χ1v) is 4.78. The van der Waals surface area contributed by atoms with Gasteiger partial charge in [-0.2, -0.15) is 0 Å². The quantitative estimate of drug-likeness (QED) is 0.417. The van der Waals surface area contributed by atoms with Crippen LogP contribution in [0.25, 0.3) is 0 Å². The zero-order valence-corrected chi connectivity index (χ0v) is 8.87. The number of hydrogen-bond acceptors (Lipinski definition) is 3. The van der Waals surface area contributed by atoms with Gasteiger partial charge in [-0.3, -0.25) is 0 Å². The molecule has 0 aliphatic carbocycles. The van der Waals surface area contributed by atoms with Gasteiger partial charge in [0.05, 0.1) is 6.61 Å². The Bertz CT molecular complexity index is 317. The van der Waals surface area contributed by atoms with Gasteiger partial charge < -0.3 is 4.74 Å². The molecule has 78 valence electrons. The highest BCUT2D eigenvalue weighted by atomic mass is 16.5. The molecule has 0 fully saturated rings. The summed E-state index contributed by atoms with van der Waals surface area (Å²) in [4.78, 5) is 11.5. The van der Waals surface area contributed by atoms with Gasteiger partial charge in [0, 0.05) is 6.92 Å². The maximum Gasteiger partial charge on any atom is 0.348 e. The smallest absolute Gasteiger partial charge is 0.348 e. The highest BCUT2D eigenvalue weighted by Gasteiger charge is 2.19. The largest absolute Gasteiger partial charge is 0.462 e. The molecule has 0 atom stereocenters. The molecule has 0 saturated carbocycles. The average Bonchev–Trinajstić information content (AvgIpc) is 2.45. The second-order valence-electron chi connectivity index (χ2n) is 3.23. The Hall–Kier alpha value is -1.32. The van der Waals surface area contributed by atoms with E-state index in [0.29, 0.717) is 17.9 Å². The highest BCUT2D eigenvalue weighted by molar-refractivity contribution is 5.89. The fourth-order valence-electron chi connectivity index (χ4n) is 1.15. The molecule has 0 unspecified atom stereocenters. The van der Waals surface area contributed by atoms with E-state index >= 15 is 0 Å². The lowest BCUT2D eigenvalue weighted by Crippen LogP contribution is -2.23. The molecule has 0 spiro atoms. The molecule has 0 amide bonds. The van der Waals surface area contributed by atoms with E-state index in [-0.39, 0.29) is 5.97 Å². The van der Waals surface area contributed by atoms with Gasteiger partial charge >= 0.3 is 5.97 Å². The Balaban J connectivity index is 2.56. The van der Waals surface area contributed by atoms with Crippen molar-refractivity contribution in [2.75, 3.05) is 6.61 Å². The van der Waals surface area contributed by atoms with Crippen LogP contribution in [-0.4, -0.2) is 12.6 Å². The molecule has 1 rings (SSSR count). The van der Waals surface area contributed by atoms with E-state index in [0.717, 1.165) is 12.8 Å². The van der Waals surface area contributed by atoms with Crippen LogP contribution < -0.4 is 4.74 Å². The van der Waals surface area contributed by atoms with Gasteiger partial charge in [-0.15, -0.1) is 0 Å². The number of aromatic nitrogens is 1. The summed E-state index contributed by atoms with van der Waals surface area (Å²) in [5.74, 6) is 0.286. The SMILES string of the molecule is CCCCOC(=O)c1c[n+](C)oc1C. The molecule has 0 radical (unpaired) electrons. The Morgan fingerprint density at radius 3 is 2.86 bits per heavy atom. The van der Waals surface area contributed by atoms with Gasteiger partial charge in [0.1, 0.15) is 0 Å². The number of rotatable bonds is 4. The van der Waals surface area contributed by atoms with Gasteiger partial charge in [0.15, 0.2) is 18.4 Å². The molecule has 4 nitrogen and oxygen atoms in total. The number of esters is 1. The third-order valence-electron chi connectivity index (χ3n) is 1.92. The van der Waals surface area contributed by atoms with Crippen molar-refractivity contribution < 1.29 is 18.8 Å². The molecular weight excluding hydrogens is 182 g/mol. The van der Waals surface area contributed by atoms with Crippen molar-refractivity contribution in [3.63, 3.8) is 0 Å². The minimum Gasteiger partial charge on any atom is -0.462 e. The third kappa shape index (κ3) is 2.58. The van der Waals surface area contributed by atoms with Gasteiger partial charge in [0.25, 0.3) is 0 Å². The standard InChI is InChI=1S/C10H16NO3/c1-4-5-6-13-10(12)9-7-11(3)14-8(9)2/h7H,4-6H2,1-3H3/q+1. The van der Waals surface area contributed by atoms with Crippen molar-refractivity contribution in [1.82, 2.24) is 0 Å². The van der Waals surface area contributed by atoms with Crippen LogP contribution in [0.1, 0.15) is 35.9 Å². The summed E-state index contributed by atoms with van der Waals surface area (Å²) >= 11 is 0. The molecule has 14 heavy (non-hydrogen) atoms. The normalized spacial score (nSPS) is 10.2. The minimum atomic E-state index is -0.305. The Kier molecular flexibility index (Phi) is 3.68. The summed E-state index contributed by atoms with van der Waals surface area (Å²) in [5, 5.41) is 0. The van der Waals surface area contributed by atoms with E-state index in [9.17, 15) is 4.79 Å². The first kappa shape index (κ1) is 10.8. The number of hydrogen-bond donors (Lipinski definition) is 0. The van der Waals surface area contributed by atoms with Crippen LogP contribution in [0.2, 0.25) is 0 Å².